The highest BCUT2D eigenvalue weighted by Gasteiger charge is 2.18. The maximum absolute atomic E-state index is 11.7. The van der Waals surface area contributed by atoms with E-state index in [0.717, 1.165) is 6.42 Å². The van der Waals surface area contributed by atoms with E-state index in [1.54, 1.807) is 6.92 Å². The van der Waals surface area contributed by atoms with Gasteiger partial charge in [0.15, 0.2) is 0 Å². The molecule has 0 bridgehead atoms. The Hall–Kier alpha value is -1.85. The van der Waals surface area contributed by atoms with E-state index in [1.807, 2.05) is 6.92 Å². The van der Waals surface area contributed by atoms with Crippen molar-refractivity contribution in [2.45, 2.75) is 40.2 Å². The third kappa shape index (κ3) is 4.99. The van der Waals surface area contributed by atoms with Crippen LogP contribution in [-0.2, 0) is 14.4 Å². The van der Waals surface area contributed by atoms with Crippen LogP contribution in [0, 0.1) is 0 Å². The standard InChI is InChI=1S/C12H20N2O4/c1-5-6-13-11(16)9(4)14-10(15)7(2)8(3)12(17)18/h9H,5-6H2,1-4H3,(H,13,16)(H,14,15)(H,17,18). The Morgan fingerprint density at radius 1 is 1.17 bits per heavy atom. The highest BCUT2D eigenvalue weighted by Crippen LogP contribution is 2.03. The van der Waals surface area contributed by atoms with Crippen LogP contribution in [0.25, 0.3) is 0 Å². The van der Waals surface area contributed by atoms with Crippen molar-refractivity contribution in [3.8, 4) is 0 Å². The highest BCUT2D eigenvalue weighted by molar-refractivity contribution is 6.02. The van der Waals surface area contributed by atoms with E-state index in [-0.39, 0.29) is 17.1 Å². The van der Waals surface area contributed by atoms with Crippen LogP contribution in [0.3, 0.4) is 0 Å². The van der Waals surface area contributed by atoms with Crippen LogP contribution in [0.4, 0.5) is 0 Å². The largest absolute Gasteiger partial charge is 0.478 e. The van der Waals surface area contributed by atoms with Crippen molar-refractivity contribution in [1.29, 1.82) is 0 Å². The molecule has 1 unspecified atom stereocenters. The minimum atomic E-state index is -1.15. The van der Waals surface area contributed by atoms with Crippen LogP contribution in [0.5, 0.6) is 0 Å². The SMILES string of the molecule is CCCNC(=O)C(C)NC(=O)C(C)=C(C)C(=O)O. The Morgan fingerprint density at radius 3 is 2.17 bits per heavy atom. The van der Waals surface area contributed by atoms with Crippen molar-refractivity contribution in [2.24, 2.45) is 0 Å². The molecule has 0 aliphatic rings. The van der Waals surface area contributed by atoms with Crippen molar-refractivity contribution < 1.29 is 19.5 Å². The van der Waals surface area contributed by atoms with Gasteiger partial charge in [-0.3, -0.25) is 9.59 Å². The predicted octanol–water partition coefficient (Wildman–Crippen LogP) is 0.438. The first-order valence-corrected chi connectivity index (χ1v) is 5.80. The fourth-order valence-corrected chi connectivity index (χ4v) is 1.10. The molecule has 0 saturated carbocycles. The topological polar surface area (TPSA) is 95.5 Å². The van der Waals surface area contributed by atoms with Crippen LogP contribution < -0.4 is 10.6 Å². The molecule has 0 rings (SSSR count). The van der Waals surface area contributed by atoms with Crippen LogP contribution in [0.1, 0.15) is 34.1 Å². The van der Waals surface area contributed by atoms with Gasteiger partial charge in [0.1, 0.15) is 6.04 Å². The number of nitrogens with one attached hydrogen (secondary N) is 2. The summed E-state index contributed by atoms with van der Waals surface area (Å²) in [4.78, 5) is 33.9. The first-order chi connectivity index (χ1) is 8.31. The highest BCUT2D eigenvalue weighted by atomic mass is 16.4. The zero-order valence-corrected chi connectivity index (χ0v) is 11.2. The molecule has 3 N–H and O–H groups in total. The van der Waals surface area contributed by atoms with E-state index in [0.29, 0.717) is 6.54 Å². The zero-order valence-electron chi connectivity index (χ0n) is 11.2. The summed E-state index contributed by atoms with van der Waals surface area (Å²) in [5.74, 6) is -1.98. The molecule has 0 spiro atoms. The number of hydrogen-bond donors (Lipinski definition) is 3. The molecule has 0 aliphatic carbocycles. The maximum Gasteiger partial charge on any atom is 0.331 e. The summed E-state index contributed by atoms with van der Waals surface area (Å²) in [6.07, 6.45) is 0.809. The number of rotatable bonds is 6. The number of carbonyl (C=O) groups is 3. The second-order valence-electron chi connectivity index (χ2n) is 4.04. The Labute approximate surface area is 106 Å². The average molecular weight is 256 g/mol. The lowest BCUT2D eigenvalue weighted by atomic mass is 10.1. The zero-order chi connectivity index (χ0) is 14.3. The summed E-state index contributed by atoms with van der Waals surface area (Å²) in [7, 11) is 0. The molecule has 0 fully saturated rings. The number of carboxylic acids is 1. The molecule has 0 heterocycles. The van der Waals surface area contributed by atoms with Gasteiger partial charge in [-0.1, -0.05) is 6.92 Å². The lowest BCUT2D eigenvalue weighted by Crippen LogP contribution is -2.45. The lowest BCUT2D eigenvalue weighted by Gasteiger charge is -2.14. The van der Waals surface area contributed by atoms with Gasteiger partial charge in [0.2, 0.25) is 11.8 Å². The average Bonchev–Trinajstić information content (AvgIpc) is 2.33. The molecule has 0 saturated heterocycles. The van der Waals surface area contributed by atoms with Crippen molar-refractivity contribution in [3.05, 3.63) is 11.1 Å². The van der Waals surface area contributed by atoms with Gasteiger partial charge in [0, 0.05) is 17.7 Å². The molecule has 6 heteroatoms. The first-order valence-electron chi connectivity index (χ1n) is 5.80. The van der Waals surface area contributed by atoms with Gasteiger partial charge in [-0.2, -0.15) is 0 Å². The monoisotopic (exact) mass is 256 g/mol. The molecule has 0 aromatic carbocycles. The minimum absolute atomic E-state index is 0.0336. The molecule has 0 aromatic heterocycles. The van der Waals surface area contributed by atoms with Crippen molar-refractivity contribution >= 4 is 17.8 Å². The molecular weight excluding hydrogens is 236 g/mol. The number of aliphatic carboxylic acids is 1. The van der Waals surface area contributed by atoms with Gasteiger partial charge in [-0.15, -0.1) is 0 Å². The molecule has 102 valence electrons. The van der Waals surface area contributed by atoms with Crippen LogP contribution in [-0.4, -0.2) is 35.5 Å². The van der Waals surface area contributed by atoms with Crippen molar-refractivity contribution in [3.63, 3.8) is 0 Å². The summed E-state index contributed by atoms with van der Waals surface area (Å²) >= 11 is 0. The Balaban J connectivity index is 4.53. The number of carbonyl (C=O) groups excluding carboxylic acids is 2. The quantitative estimate of drug-likeness (QED) is 0.601. The normalized spacial score (nSPS) is 13.3. The third-order valence-corrected chi connectivity index (χ3v) is 2.51. The molecule has 6 nitrogen and oxygen atoms in total. The lowest BCUT2D eigenvalue weighted by molar-refractivity contribution is -0.133. The molecular formula is C12H20N2O4. The third-order valence-electron chi connectivity index (χ3n) is 2.51. The molecule has 18 heavy (non-hydrogen) atoms. The Kier molecular flexibility index (Phi) is 6.70. The van der Waals surface area contributed by atoms with Gasteiger partial charge in [0.25, 0.3) is 0 Å². The van der Waals surface area contributed by atoms with E-state index in [4.69, 9.17) is 5.11 Å². The summed E-state index contributed by atoms with van der Waals surface area (Å²) in [6.45, 7) is 6.77. The van der Waals surface area contributed by atoms with E-state index in [1.165, 1.54) is 13.8 Å². The smallest absolute Gasteiger partial charge is 0.331 e. The summed E-state index contributed by atoms with van der Waals surface area (Å²) < 4.78 is 0. The molecule has 1 atom stereocenters. The molecule has 0 radical (unpaired) electrons. The van der Waals surface area contributed by atoms with Crippen molar-refractivity contribution in [2.75, 3.05) is 6.54 Å². The van der Waals surface area contributed by atoms with Crippen LogP contribution in [0.2, 0.25) is 0 Å². The van der Waals surface area contributed by atoms with E-state index < -0.39 is 17.9 Å². The van der Waals surface area contributed by atoms with E-state index >= 15 is 0 Å². The maximum atomic E-state index is 11.7. The van der Waals surface area contributed by atoms with E-state index in [9.17, 15) is 14.4 Å². The number of carboxylic acid groups (broad SMARTS) is 1. The number of amides is 2. The number of hydrogen-bond acceptors (Lipinski definition) is 3. The van der Waals surface area contributed by atoms with Gasteiger partial charge >= 0.3 is 5.97 Å². The fourth-order valence-electron chi connectivity index (χ4n) is 1.10. The molecule has 0 aromatic rings. The summed E-state index contributed by atoms with van der Waals surface area (Å²) in [5, 5.41) is 13.8. The van der Waals surface area contributed by atoms with Gasteiger partial charge in [-0.05, 0) is 27.2 Å². The molecule has 0 aliphatic heterocycles. The minimum Gasteiger partial charge on any atom is -0.478 e. The van der Waals surface area contributed by atoms with Gasteiger partial charge < -0.3 is 15.7 Å². The van der Waals surface area contributed by atoms with Gasteiger partial charge in [0.05, 0.1) is 0 Å². The predicted molar refractivity (Wildman–Crippen MR) is 66.9 cm³/mol. The van der Waals surface area contributed by atoms with Gasteiger partial charge in [-0.25, -0.2) is 4.79 Å². The summed E-state index contributed by atoms with van der Waals surface area (Å²) in [6, 6.07) is -0.694. The molecule has 2 amide bonds. The van der Waals surface area contributed by atoms with Crippen LogP contribution in [0.15, 0.2) is 11.1 Å². The van der Waals surface area contributed by atoms with E-state index in [2.05, 4.69) is 10.6 Å². The fraction of sp³-hybridized carbons (Fsp3) is 0.583. The Morgan fingerprint density at radius 2 is 1.72 bits per heavy atom. The van der Waals surface area contributed by atoms with Crippen LogP contribution >= 0.6 is 0 Å². The Bertz CT molecular complexity index is 374. The van der Waals surface area contributed by atoms with Crippen molar-refractivity contribution in [1.82, 2.24) is 10.6 Å². The summed E-state index contributed by atoms with van der Waals surface area (Å²) in [5.41, 5.74) is 0.0614. The second kappa shape index (κ2) is 7.47. The second-order valence-corrected chi connectivity index (χ2v) is 4.04. The first kappa shape index (κ1) is 16.1.